The van der Waals surface area contributed by atoms with Crippen LogP contribution in [0.1, 0.15) is 17.1 Å². The van der Waals surface area contributed by atoms with E-state index in [2.05, 4.69) is 15.3 Å². The maximum Gasteiger partial charge on any atom is 0.216 e. The summed E-state index contributed by atoms with van der Waals surface area (Å²) in [4.78, 5) is 0.966. The summed E-state index contributed by atoms with van der Waals surface area (Å²) < 4.78 is 13.5. The maximum atomic E-state index is 6.18. The second-order valence-electron chi connectivity index (χ2n) is 5.86. The van der Waals surface area contributed by atoms with Crippen LogP contribution < -0.4 is 4.74 Å². The highest BCUT2D eigenvalue weighted by Gasteiger charge is 2.10. The molecule has 142 valence electrons. The molecular weight excluding hydrogens is 416 g/mol. The summed E-state index contributed by atoms with van der Waals surface area (Å²) in [6.45, 7) is 2.21. The van der Waals surface area contributed by atoms with Crippen LogP contribution in [0.25, 0.3) is 10.7 Å². The molecule has 4 rings (SSSR count). The molecule has 28 heavy (non-hydrogen) atoms. The lowest BCUT2D eigenvalue weighted by Crippen LogP contribution is -1.96. The number of hydrogen-bond donors (Lipinski definition) is 1. The van der Waals surface area contributed by atoms with Crippen molar-refractivity contribution in [2.45, 2.75) is 13.5 Å². The van der Waals surface area contributed by atoms with Crippen LogP contribution in [-0.2, 0) is 6.61 Å². The van der Waals surface area contributed by atoms with E-state index in [0.29, 0.717) is 32.9 Å². The van der Waals surface area contributed by atoms with E-state index in [1.54, 1.807) is 28.3 Å². The summed E-state index contributed by atoms with van der Waals surface area (Å²) in [6.07, 6.45) is 1.59. The molecule has 0 aliphatic rings. The predicted octanol–water partition coefficient (Wildman–Crippen LogP) is 5.69. The van der Waals surface area contributed by atoms with Gasteiger partial charge in [0.2, 0.25) is 4.77 Å². The van der Waals surface area contributed by atoms with Gasteiger partial charge >= 0.3 is 0 Å². The van der Waals surface area contributed by atoms with E-state index in [-0.39, 0.29) is 6.61 Å². The number of aryl methyl sites for hydroxylation is 1. The zero-order valence-corrected chi connectivity index (χ0v) is 17.1. The topological polar surface area (TPSA) is 68.3 Å². The Bertz CT molecular complexity index is 1150. The lowest BCUT2D eigenvalue weighted by atomic mass is 10.2. The third-order valence-electron chi connectivity index (χ3n) is 3.90. The van der Waals surface area contributed by atoms with E-state index in [9.17, 15) is 0 Å². The summed E-state index contributed by atoms with van der Waals surface area (Å²) >= 11 is 13.0. The first-order chi connectivity index (χ1) is 13.6. The Balaban J connectivity index is 1.49. The molecule has 0 bridgehead atoms. The Hall–Kier alpha value is -2.68. The van der Waals surface area contributed by atoms with Crippen molar-refractivity contribution in [2.24, 2.45) is 5.10 Å². The fourth-order valence-corrected chi connectivity index (χ4v) is 3.72. The average Bonchev–Trinajstić information content (AvgIpc) is 3.41. The Kier molecular flexibility index (Phi) is 5.43. The number of hydrogen-bond acceptors (Lipinski definition) is 6. The number of para-hydroxylation sites is 1. The van der Waals surface area contributed by atoms with Crippen LogP contribution in [-0.4, -0.2) is 21.1 Å². The first-order valence-corrected chi connectivity index (χ1v) is 10.0. The molecular formula is C19H15ClN4O2S2. The van der Waals surface area contributed by atoms with Gasteiger partial charge in [0.25, 0.3) is 0 Å². The number of furan rings is 1. The van der Waals surface area contributed by atoms with Crippen molar-refractivity contribution in [1.82, 2.24) is 14.9 Å². The van der Waals surface area contributed by atoms with Crippen LogP contribution in [0.4, 0.5) is 0 Å². The van der Waals surface area contributed by atoms with Gasteiger partial charge in [0.15, 0.2) is 5.82 Å². The number of rotatable bonds is 6. The number of nitrogens with one attached hydrogen (secondary N) is 1. The summed E-state index contributed by atoms with van der Waals surface area (Å²) in [5, 5.41) is 13.9. The zero-order chi connectivity index (χ0) is 19.5. The van der Waals surface area contributed by atoms with Crippen molar-refractivity contribution in [3.8, 4) is 16.5 Å². The van der Waals surface area contributed by atoms with Gasteiger partial charge in [-0.05, 0) is 54.4 Å². The number of aromatic amines is 1. The maximum absolute atomic E-state index is 6.18. The molecule has 0 amide bonds. The Labute approximate surface area is 175 Å². The molecule has 1 N–H and O–H groups in total. The summed E-state index contributed by atoms with van der Waals surface area (Å²) in [5.41, 5.74) is 0.969. The molecule has 3 heterocycles. The highest BCUT2D eigenvalue weighted by atomic mass is 35.5. The number of ether oxygens (including phenoxy) is 1. The normalized spacial score (nSPS) is 11.4. The van der Waals surface area contributed by atoms with Crippen molar-refractivity contribution < 1.29 is 9.15 Å². The minimum atomic E-state index is 0.268. The molecule has 0 spiro atoms. The molecule has 9 heteroatoms. The molecule has 6 nitrogen and oxygen atoms in total. The van der Waals surface area contributed by atoms with E-state index in [1.807, 2.05) is 48.7 Å². The Morgan fingerprint density at radius 2 is 2.21 bits per heavy atom. The molecule has 0 radical (unpaired) electrons. The number of nitrogens with zero attached hydrogens (tertiary/aromatic N) is 3. The van der Waals surface area contributed by atoms with Crippen LogP contribution in [0.3, 0.4) is 0 Å². The number of thiophene rings is 1. The van der Waals surface area contributed by atoms with E-state index >= 15 is 0 Å². The lowest BCUT2D eigenvalue weighted by molar-refractivity contribution is 0.268. The van der Waals surface area contributed by atoms with Gasteiger partial charge in [-0.25, -0.2) is 5.10 Å². The third-order valence-corrected chi connectivity index (χ3v) is 5.33. The van der Waals surface area contributed by atoms with Gasteiger partial charge in [0, 0.05) is 0 Å². The molecule has 3 aromatic heterocycles. The highest BCUT2D eigenvalue weighted by Crippen LogP contribution is 2.28. The predicted molar refractivity (Wildman–Crippen MR) is 113 cm³/mol. The smallest absolute Gasteiger partial charge is 0.216 e. The van der Waals surface area contributed by atoms with Crippen LogP contribution in [0.15, 0.2) is 57.4 Å². The number of benzene rings is 1. The van der Waals surface area contributed by atoms with Crippen molar-refractivity contribution >= 4 is 41.4 Å². The number of H-pyrrole nitrogens is 1. The molecule has 0 unspecified atom stereocenters. The second-order valence-corrected chi connectivity index (χ2v) is 7.61. The first kappa shape index (κ1) is 18.7. The number of halogens is 1. The van der Waals surface area contributed by atoms with Crippen LogP contribution in [0.5, 0.6) is 5.75 Å². The van der Waals surface area contributed by atoms with E-state index < -0.39 is 0 Å². The van der Waals surface area contributed by atoms with Gasteiger partial charge in [0.1, 0.15) is 23.9 Å². The minimum absolute atomic E-state index is 0.268. The summed E-state index contributed by atoms with van der Waals surface area (Å²) in [6, 6.07) is 13.2. The first-order valence-electron chi connectivity index (χ1n) is 8.34. The molecule has 0 aliphatic heterocycles. The van der Waals surface area contributed by atoms with Gasteiger partial charge in [0.05, 0.1) is 16.1 Å². The quantitative estimate of drug-likeness (QED) is 0.315. The van der Waals surface area contributed by atoms with E-state index in [1.165, 1.54) is 0 Å². The largest absolute Gasteiger partial charge is 0.484 e. The van der Waals surface area contributed by atoms with Crippen LogP contribution >= 0.6 is 35.2 Å². The van der Waals surface area contributed by atoms with Crippen molar-refractivity contribution in [1.29, 1.82) is 0 Å². The third kappa shape index (κ3) is 3.94. The molecule has 0 atom stereocenters. The standard InChI is InChI=1S/C19H15ClN4O2S2/c1-12-4-2-5-15(20)17(12)25-11-14-8-7-13(26-14)10-21-24-18(22-23-19(24)27)16-6-3-9-28-16/h2-10H,11H2,1H3,(H,23,27). The van der Waals surface area contributed by atoms with Crippen molar-refractivity contribution in [3.63, 3.8) is 0 Å². The number of aromatic nitrogens is 3. The fraction of sp³-hybridized carbons (Fsp3) is 0.105. The zero-order valence-electron chi connectivity index (χ0n) is 14.8. The minimum Gasteiger partial charge on any atom is -0.484 e. The molecule has 0 aliphatic carbocycles. The Morgan fingerprint density at radius 1 is 1.32 bits per heavy atom. The van der Waals surface area contributed by atoms with Crippen molar-refractivity contribution in [3.05, 3.63) is 74.7 Å². The second kappa shape index (κ2) is 8.14. The van der Waals surface area contributed by atoms with Gasteiger partial charge in [-0.15, -0.1) is 11.3 Å². The SMILES string of the molecule is Cc1cccc(Cl)c1OCc1ccc(C=Nn2c(-c3cccs3)n[nH]c2=S)o1. The Morgan fingerprint density at radius 3 is 3.00 bits per heavy atom. The highest BCUT2D eigenvalue weighted by molar-refractivity contribution is 7.71. The van der Waals surface area contributed by atoms with Gasteiger partial charge in [-0.2, -0.15) is 14.9 Å². The van der Waals surface area contributed by atoms with E-state index in [0.717, 1.165) is 10.4 Å². The monoisotopic (exact) mass is 430 g/mol. The molecule has 0 saturated carbocycles. The summed E-state index contributed by atoms with van der Waals surface area (Å²) in [5.74, 6) is 2.55. The lowest BCUT2D eigenvalue weighted by Gasteiger charge is -2.09. The molecule has 4 aromatic rings. The van der Waals surface area contributed by atoms with Crippen molar-refractivity contribution in [2.75, 3.05) is 0 Å². The molecule has 1 aromatic carbocycles. The van der Waals surface area contributed by atoms with Gasteiger partial charge in [-0.1, -0.05) is 29.8 Å². The van der Waals surface area contributed by atoms with E-state index in [4.69, 9.17) is 33.0 Å². The molecule has 0 saturated heterocycles. The van der Waals surface area contributed by atoms with Gasteiger partial charge < -0.3 is 9.15 Å². The van der Waals surface area contributed by atoms with Gasteiger partial charge in [-0.3, -0.25) is 0 Å². The fourth-order valence-electron chi connectivity index (χ4n) is 2.56. The summed E-state index contributed by atoms with van der Waals surface area (Å²) in [7, 11) is 0. The van der Waals surface area contributed by atoms with Crippen LogP contribution in [0.2, 0.25) is 5.02 Å². The molecule has 0 fully saturated rings. The average molecular weight is 431 g/mol. The van der Waals surface area contributed by atoms with Crippen LogP contribution in [0, 0.1) is 11.7 Å².